The topological polar surface area (TPSA) is 87.2 Å². The van der Waals surface area contributed by atoms with Crippen LogP contribution in [-0.2, 0) is 23.9 Å². The first kappa shape index (κ1) is 18.9. The Labute approximate surface area is 136 Å². The van der Waals surface area contributed by atoms with Crippen LogP contribution in [0.3, 0.4) is 0 Å². The van der Waals surface area contributed by atoms with Crippen LogP contribution in [0, 0.1) is 0 Å². The molecule has 0 aliphatic carbocycles. The van der Waals surface area contributed by atoms with Crippen LogP contribution in [0.1, 0.15) is 26.7 Å². The van der Waals surface area contributed by atoms with Gasteiger partial charge in [0.15, 0.2) is 0 Å². The summed E-state index contributed by atoms with van der Waals surface area (Å²) in [6, 6.07) is -1.23. The molecule has 2 unspecified atom stereocenters. The van der Waals surface area contributed by atoms with E-state index in [2.05, 4.69) is 4.74 Å². The summed E-state index contributed by atoms with van der Waals surface area (Å²) in [6.45, 7) is 3.34. The summed E-state index contributed by atoms with van der Waals surface area (Å²) in [7, 11) is 4.32. The molecular formula is C15H25N3O5. The van der Waals surface area contributed by atoms with Crippen molar-refractivity contribution < 1.29 is 23.9 Å². The Morgan fingerprint density at radius 2 is 1.87 bits per heavy atom. The third kappa shape index (κ3) is 4.43. The maximum atomic E-state index is 12.6. The van der Waals surface area contributed by atoms with Gasteiger partial charge in [-0.25, -0.2) is 0 Å². The van der Waals surface area contributed by atoms with Crippen molar-refractivity contribution in [2.45, 2.75) is 38.8 Å². The number of carbonyl (C=O) groups excluding carboxylic acids is 4. The van der Waals surface area contributed by atoms with E-state index in [9.17, 15) is 19.2 Å². The third-order valence-corrected chi connectivity index (χ3v) is 4.23. The van der Waals surface area contributed by atoms with Gasteiger partial charge in [0.25, 0.3) is 0 Å². The van der Waals surface area contributed by atoms with Gasteiger partial charge >= 0.3 is 5.97 Å². The van der Waals surface area contributed by atoms with Crippen molar-refractivity contribution in [2.75, 3.05) is 34.3 Å². The number of likely N-dealkylation sites (tertiary alicyclic amines) is 1. The molecule has 1 aliphatic rings. The van der Waals surface area contributed by atoms with Crippen LogP contribution in [-0.4, -0.2) is 84.8 Å². The molecule has 23 heavy (non-hydrogen) atoms. The van der Waals surface area contributed by atoms with E-state index in [1.807, 2.05) is 0 Å². The second-order valence-corrected chi connectivity index (χ2v) is 5.77. The van der Waals surface area contributed by atoms with Crippen LogP contribution in [0.5, 0.6) is 0 Å². The molecule has 1 aliphatic heterocycles. The Kier molecular flexibility index (Phi) is 6.53. The highest BCUT2D eigenvalue weighted by molar-refractivity contribution is 5.93. The summed E-state index contributed by atoms with van der Waals surface area (Å²) < 4.78 is 4.55. The number of amides is 3. The maximum absolute atomic E-state index is 12.6. The summed E-state index contributed by atoms with van der Waals surface area (Å²) in [5.74, 6) is -1.28. The zero-order valence-corrected chi connectivity index (χ0v) is 14.4. The Hall–Kier alpha value is -2.12. The SMILES string of the molecule is COC(=O)CN(C)C(=O)C1CCCN1C(=O)C(C)N(C)C(C)=O. The van der Waals surface area contributed by atoms with Gasteiger partial charge in [0.05, 0.1) is 7.11 Å². The number of methoxy groups -OCH3 is 1. The summed E-state index contributed by atoms with van der Waals surface area (Å²) >= 11 is 0. The Balaban J connectivity index is 2.80. The second kappa shape index (κ2) is 7.94. The second-order valence-electron chi connectivity index (χ2n) is 5.77. The molecule has 0 N–H and O–H groups in total. The van der Waals surface area contributed by atoms with E-state index in [-0.39, 0.29) is 24.3 Å². The van der Waals surface area contributed by atoms with Crippen LogP contribution >= 0.6 is 0 Å². The van der Waals surface area contributed by atoms with E-state index < -0.39 is 18.1 Å². The lowest BCUT2D eigenvalue weighted by molar-refractivity contribution is -0.151. The van der Waals surface area contributed by atoms with Gasteiger partial charge in [0.1, 0.15) is 18.6 Å². The highest BCUT2D eigenvalue weighted by Crippen LogP contribution is 2.21. The standard InChI is InChI=1S/C15H25N3O5/c1-10(17(4)11(2)19)14(21)18-8-6-7-12(18)15(22)16(3)9-13(20)23-5/h10,12H,6-9H2,1-5H3. The van der Waals surface area contributed by atoms with Crippen LogP contribution in [0.2, 0.25) is 0 Å². The Morgan fingerprint density at radius 1 is 1.26 bits per heavy atom. The van der Waals surface area contributed by atoms with Crippen LogP contribution < -0.4 is 0 Å². The first-order valence-corrected chi connectivity index (χ1v) is 7.56. The van der Waals surface area contributed by atoms with Crippen LogP contribution in [0.15, 0.2) is 0 Å². The maximum Gasteiger partial charge on any atom is 0.325 e. The van der Waals surface area contributed by atoms with Gasteiger partial charge in [-0.3, -0.25) is 19.2 Å². The molecule has 130 valence electrons. The van der Waals surface area contributed by atoms with Gasteiger partial charge in [-0.15, -0.1) is 0 Å². The van der Waals surface area contributed by atoms with Crippen LogP contribution in [0.4, 0.5) is 0 Å². The molecule has 1 fully saturated rings. The van der Waals surface area contributed by atoms with E-state index in [0.29, 0.717) is 19.4 Å². The lowest BCUT2D eigenvalue weighted by Crippen LogP contribution is -2.53. The molecule has 3 amide bonds. The van der Waals surface area contributed by atoms with Gasteiger partial charge in [0, 0.05) is 27.6 Å². The summed E-state index contributed by atoms with van der Waals surface area (Å²) in [4.78, 5) is 51.9. The molecule has 0 radical (unpaired) electrons. The van der Waals surface area contributed by atoms with E-state index in [1.165, 1.54) is 35.8 Å². The fourth-order valence-corrected chi connectivity index (χ4v) is 2.56. The molecule has 1 rings (SSSR count). The van der Waals surface area contributed by atoms with Crippen molar-refractivity contribution >= 4 is 23.7 Å². The fourth-order valence-electron chi connectivity index (χ4n) is 2.56. The predicted octanol–water partition coefficient (Wildman–Crippen LogP) is -0.524. The molecule has 8 nitrogen and oxygen atoms in total. The minimum absolute atomic E-state index is 0.156. The van der Waals surface area contributed by atoms with Gasteiger partial charge in [-0.1, -0.05) is 0 Å². The fraction of sp³-hybridized carbons (Fsp3) is 0.733. The number of esters is 1. The first-order chi connectivity index (χ1) is 10.7. The number of ether oxygens (including phenoxy) is 1. The van der Waals surface area contributed by atoms with Crippen molar-refractivity contribution in [3.63, 3.8) is 0 Å². The number of carbonyl (C=O) groups is 4. The largest absolute Gasteiger partial charge is 0.468 e. The van der Waals surface area contributed by atoms with Crippen molar-refractivity contribution in [3.8, 4) is 0 Å². The quantitative estimate of drug-likeness (QED) is 0.634. The summed E-state index contributed by atoms with van der Waals surface area (Å²) in [5.41, 5.74) is 0. The highest BCUT2D eigenvalue weighted by atomic mass is 16.5. The lowest BCUT2D eigenvalue weighted by atomic mass is 10.1. The molecule has 0 bridgehead atoms. The van der Waals surface area contributed by atoms with E-state index >= 15 is 0 Å². The van der Waals surface area contributed by atoms with Crippen molar-refractivity contribution in [2.24, 2.45) is 0 Å². The lowest BCUT2D eigenvalue weighted by Gasteiger charge is -2.32. The van der Waals surface area contributed by atoms with Crippen molar-refractivity contribution in [1.29, 1.82) is 0 Å². The molecule has 2 atom stereocenters. The zero-order valence-electron chi connectivity index (χ0n) is 14.4. The minimum atomic E-state index is -0.633. The molecule has 8 heteroatoms. The Bertz CT molecular complexity index is 494. The number of nitrogens with zero attached hydrogens (tertiary/aromatic N) is 3. The number of hydrogen-bond donors (Lipinski definition) is 0. The molecule has 1 heterocycles. The molecule has 0 spiro atoms. The zero-order chi connectivity index (χ0) is 17.7. The molecule has 0 aromatic heterocycles. The predicted molar refractivity (Wildman–Crippen MR) is 82.3 cm³/mol. The smallest absolute Gasteiger partial charge is 0.325 e. The van der Waals surface area contributed by atoms with Gasteiger partial charge in [0.2, 0.25) is 17.7 Å². The monoisotopic (exact) mass is 327 g/mol. The number of likely N-dealkylation sites (N-methyl/N-ethyl adjacent to an activating group) is 2. The Morgan fingerprint density at radius 3 is 2.39 bits per heavy atom. The molecule has 1 saturated heterocycles. The van der Waals surface area contributed by atoms with Gasteiger partial charge in [-0.05, 0) is 19.8 Å². The third-order valence-electron chi connectivity index (χ3n) is 4.23. The molecule has 0 saturated carbocycles. The van der Waals surface area contributed by atoms with E-state index in [4.69, 9.17) is 0 Å². The molecule has 0 aromatic rings. The normalized spacial score (nSPS) is 18.3. The van der Waals surface area contributed by atoms with Crippen molar-refractivity contribution in [3.05, 3.63) is 0 Å². The first-order valence-electron chi connectivity index (χ1n) is 7.56. The molecule has 0 aromatic carbocycles. The molecular weight excluding hydrogens is 302 g/mol. The van der Waals surface area contributed by atoms with E-state index in [0.717, 1.165) is 0 Å². The van der Waals surface area contributed by atoms with E-state index in [1.54, 1.807) is 14.0 Å². The van der Waals surface area contributed by atoms with Gasteiger partial charge < -0.3 is 19.4 Å². The van der Waals surface area contributed by atoms with Crippen molar-refractivity contribution in [1.82, 2.24) is 14.7 Å². The summed E-state index contributed by atoms with van der Waals surface area (Å²) in [5, 5.41) is 0. The average molecular weight is 327 g/mol. The summed E-state index contributed by atoms with van der Waals surface area (Å²) in [6.07, 6.45) is 1.26. The van der Waals surface area contributed by atoms with Gasteiger partial charge in [-0.2, -0.15) is 0 Å². The number of rotatable bonds is 5. The highest BCUT2D eigenvalue weighted by Gasteiger charge is 2.38. The number of hydrogen-bond acceptors (Lipinski definition) is 5. The average Bonchev–Trinajstić information content (AvgIpc) is 3.00. The van der Waals surface area contributed by atoms with Crippen LogP contribution in [0.25, 0.3) is 0 Å². The minimum Gasteiger partial charge on any atom is -0.468 e.